The number of thioether (sulfide) groups is 1. The first-order valence-electron chi connectivity index (χ1n) is 10.3. The van der Waals surface area contributed by atoms with Crippen molar-refractivity contribution in [2.75, 3.05) is 13.7 Å². The van der Waals surface area contributed by atoms with Gasteiger partial charge in [-0.3, -0.25) is 9.89 Å². The van der Waals surface area contributed by atoms with Crippen LogP contribution in [0, 0.1) is 18.3 Å². The Morgan fingerprint density at radius 1 is 1.26 bits per heavy atom. The molecule has 10 heteroatoms. The molecule has 9 nitrogen and oxygen atoms in total. The van der Waals surface area contributed by atoms with Crippen LogP contribution in [0.1, 0.15) is 28.3 Å². The van der Waals surface area contributed by atoms with Gasteiger partial charge in [-0.1, -0.05) is 23.8 Å². The average molecular weight is 478 g/mol. The average Bonchev–Trinajstić information content (AvgIpc) is 3.23. The van der Waals surface area contributed by atoms with Gasteiger partial charge in [0, 0.05) is 10.6 Å². The highest BCUT2D eigenvalue weighted by Gasteiger charge is 2.35. The summed E-state index contributed by atoms with van der Waals surface area (Å²) in [5.41, 5.74) is 15.0. The Hall–Kier alpha value is -4.10. The fraction of sp³-hybridized carbons (Fsp3) is 0.208. The van der Waals surface area contributed by atoms with Crippen LogP contribution in [0.15, 0.2) is 58.8 Å². The fourth-order valence-electron chi connectivity index (χ4n) is 3.67. The van der Waals surface area contributed by atoms with E-state index in [-0.39, 0.29) is 18.1 Å². The molecular formula is C24H23N5O4S. The van der Waals surface area contributed by atoms with E-state index in [0.717, 1.165) is 21.7 Å². The molecule has 0 spiro atoms. The maximum atomic E-state index is 11.1. The number of nitrogens with one attached hydrogen (secondary N) is 1. The number of H-pyrrole nitrogens is 1. The summed E-state index contributed by atoms with van der Waals surface area (Å²) in [5.74, 6) is 0.529. The molecule has 1 amide bonds. The lowest BCUT2D eigenvalue weighted by atomic mass is 9.84. The molecule has 34 heavy (non-hydrogen) atoms. The minimum absolute atomic E-state index is 0.00254. The van der Waals surface area contributed by atoms with Crippen LogP contribution in [0.25, 0.3) is 0 Å². The first kappa shape index (κ1) is 23.1. The molecule has 0 bridgehead atoms. The molecule has 2 aromatic carbocycles. The van der Waals surface area contributed by atoms with Gasteiger partial charge in [-0.25, -0.2) is 0 Å². The Bertz CT molecular complexity index is 1290. The number of ether oxygens (including phenoxy) is 3. The summed E-state index contributed by atoms with van der Waals surface area (Å²) < 4.78 is 16.5. The molecule has 0 saturated carbocycles. The molecule has 1 atom stereocenters. The SMILES string of the molecule is COc1cc([C@H]2C(C#N)=C(N)Oc3n[nH]c(CSc4ccc(C)cc4)c32)ccc1OCC(N)=O. The van der Waals surface area contributed by atoms with Crippen LogP contribution in [0.2, 0.25) is 0 Å². The summed E-state index contributed by atoms with van der Waals surface area (Å²) in [6.45, 7) is 1.76. The highest BCUT2D eigenvalue weighted by molar-refractivity contribution is 7.98. The number of allylic oxidation sites excluding steroid dienone is 1. The van der Waals surface area contributed by atoms with Crippen molar-refractivity contribution in [1.29, 1.82) is 5.26 Å². The third kappa shape index (κ3) is 4.65. The Morgan fingerprint density at radius 3 is 2.71 bits per heavy atom. The Kier molecular flexibility index (Phi) is 6.65. The van der Waals surface area contributed by atoms with Crippen LogP contribution in [-0.4, -0.2) is 29.8 Å². The smallest absolute Gasteiger partial charge is 0.255 e. The van der Waals surface area contributed by atoms with E-state index in [1.807, 2.05) is 6.92 Å². The number of aromatic amines is 1. The Labute approximate surface area is 200 Å². The van der Waals surface area contributed by atoms with Gasteiger partial charge in [0.2, 0.25) is 11.8 Å². The molecule has 1 aliphatic heterocycles. The van der Waals surface area contributed by atoms with Crippen LogP contribution < -0.4 is 25.7 Å². The molecule has 4 rings (SSSR count). The number of fused-ring (bicyclic) bond motifs is 1. The van der Waals surface area contributed by atoms with E-state index in [0.29, 0.717) is 23.1 Å². The summed E-state index contributed by atoms with van der Waals surface area (Å²) in [6.07, 6.45) is 0. The molecule has 0 radical (unpaired) electrons. The van der Waals surface area contributed by atoms with Crippen LogP contribution in [0.3, 0.4) is 0 Å². The first-order chi connectivity index (χ1) is 16.4. The van der Waals surface area contributed by atoms with Gasteiger partial charge in [-0.2, -0.15) is 5.26 Å². The van der Waals surface area contributed by atoms with E-state index in [1.54, 1.807) is 30.0 Å². The molecule has 1 aromatic heterocycles. The number of primary amides is 1. The molecule has 3 aromatic rings. The Balaban J connectivity index is 1.71. The quantitative estimate of drug-likeness (QED) is 0.419. The van der Waals surface area contributed by atoms with Gasteiger partial charge in [-0.15, -0.1) is 16.9 Å². The van der Waals surface area contributed by atoms with Crippen molar-refractivity contribution in [3.63, 3.8) is 0 Å². The van der Waals surface area contributed by atoms with Crippen molar-refractivity contribution >= 4 is 17.7 Å². The summed E-state index contributed by atoms with van der Waals surface area (Å²) in [6, 6.07) is 15.6. The number of hydrogen-bond donors (Lipinski definition) is 3. The van der Waals surface area contributed by atoms with Gasteiger partial charge < -0.3 is 25.7 Å². The predicted octanol–water partition coefficient (Wildman–Crippen LogP) is 3.10. The maximum absolute atomic E-state index is 11.1. The number of methoxy groups -OCH3 is 1. The lowest BCUT2D eigenvalue weighted by molar-refractivity contribution is -0.119. The molecular weight excluding hydrogens is 454 g/mol. The van der Waals surface area contributed by atoms with Gasteiger partial charge in [0.25, 0.3) is 5.91 Å². The van der Waals surface area contributed by atoms with Crippen molar-refractivity contribution < 1.29 is 19.0 Å². The van der Waals surface area contributed by atoms with Crippen LogP contribution >= 0.6 is 11.8 Å². The van der Waals surface area contributed by atoms with Crippen molar-refractivity contribution in [3.8, 4) is 23.4 Å². The van der Waals surface area contributed by atoms with Crippen LogP contribution in [0.5, 0.6) is 17.4 Å². The summed E-state index contributed by atoms with van der Waals surface area (Å²) in [4.78, 5) is 12.2. The predicted molar refractivity (Wildman–Crippen MR) is 126 cm³/mol. The number of rotatable bonds is 8. The van der Waals surface area contributed by atoms with E-state index >= 15 is 0 Å². The van der Waals surface area contributed by atoms with E-state index in [4.69, 9.17) is 25.7 Å². The van der Waals surface area contributed by atoms with Gasteiger partial charge in [-0.05, 0) is 36.8 Å². The number of nitrogens with two attached hydrogens (primary N) is 2. The van der Waals surface area contributed by atoms with Gasteiger partial charge in [0.05, 0.1) is 24.3 Å². The minimum atomic E-state index is -0.600. The number of hydrogen-bond acceptors (Lipinski definition) is 8. The minimum Gasteiger partial charge on any atom is -0.493 e. The maximum Gasteiger partial charge on any atom is 0.255 e. The number of nitriles is 1. The van der Waals surface area contributed by atoms with Gasteiger partial charge in [0.15, 0.2) is 18.1 Å². The van der Waals surface area contributed by atoms with Crippen molar-refractivity contribution in [1.82, 2.24) is 10.2 Å². The number of nitrogens with zero attached hydrogens (tertiary/aromatic N) is 2. The number of aromatic nitrogens is 2. The van der Waals surface area contributed by atoms with E-state index in [9.17, 15) is 10.1 Å². The van der Waals surface area contributed by atoms with Crippen LogP contribution in [0.4, 0.5) is 0 Å². The second kappa shape index (κ2) is 9.80. The van der Waals surface area contributed by atoms with Crippen molar-refractivity contribution in [2.45, 2.75) is 23.5 Å². The number of aryl methyl sites for hydroxylation is 1. The molecule has 0 unspecified atom stereocenters. The largest absolute Gasteiger partial charge is 0.493 e. The standard InChI is InChI=1S/C24H23N5O4S/c1-13-3-6-15(7-4-13)34-12-17-22-21(16(10-25)23(27)33-24(22)29-28-17)14-5-8-18(19(9-14)31-2)32-11-20(26)30/h3-9,21H,11-12,27H2,1-2H3,(H2,26,30)(H,28,29)/t21-/m0/s1. The lowest BCUT2D eigenvalue weighted by Gasteiger charge is -2.24. The lowest BCUT2D eigenvalue weighted by Crippen LogP contribution is -2.21. The van der Waals surface area contributed by atoms with Gasteiger partial charge in [0.1, 0.15) is 11.6 Å². The number of carbonyl (C=O) groups is 1. The second-order valence-corrected chi connectivity index (χ2v) is 8.66. The fourth-order valence-corrected chi connectivity index (χ4v) is 4.53. The van der Waals surface area contributed by atoms with E-state index < -0.39 is 11.8 Å². The highest BCUT2D eigenvalue weighted by Crippen LogP contribution is 2.45. The third-order valence-electron chi connectivity index (χ3n) is 5.31. The number of carbonyl (C=O) groups excluding carboxylic acids is 1. The summed E-state index contributed by atoms with van der Waals surface area (Å²) in [5, 5.41) is 17.2. The zero-order valence-corrected chi connectivity index (χ0v) is 19.4. The summed E-state index contributed by atoms with van der Waals surface area (Å²) >= 11 is 1.64. The summed E-state index contributed by atoms with van der Waals surface area (Å²) in [7, 11) is 1.49. The molecule has 0 fully saturated rings. The van der Waals surface area contributed by atoms with Gasteiger partial charge >= 0.3 is 0 Å². The molecule has 2 heterocycles. The van der Waals surface area contributed by atoms with Crippen molar-refractivity contribution in [3.05, 3.63) is 76.3 Å². The molecule has 174 valence electrons. The van der Waals surface area contributed by atoms with Crippen molar-refractivity contribution in [2.24, 2.45) is 11.5 Å². The zero-order chi connectivity index (χ0) is 24.2. The molecule has 0 aliphatic carbocycles. The first-order valence-corrected chi connectivity index (χ1v) is 11.3. The second-order valence-electron chi connectivity index (χ2n) is 7.61. The highest BCUT2D eigenvalue weighted by atomic mass is 32.2. The number of amides is 1. The zero-order valence-electron chi connectivity index (χ0n) is 18.6. The van der Waals surface area contributed by atoms with E-state index in [1.165, 1.54) is 12.7 Å². The third-order valence-corrected chi connectivity index (χ3v) is 6.35. The topological polar surface area (TPSA) is 149 Å². The van der Waals surface area contributed by atoms with E-state index in [2.05, 4.69) is 40.5 Å². The monoisotopic (exact) mass is 477 g/mol. The normalized spacial score (nSPS) is 14.7. The molecule has 5 N–H and O–H groups in total. The number of benzene rings is 2. The van der Waals surface area contributed by atoms with Crippen LogP contribution in [-0.2, 0) is 10.5 Å². The molecule has 1 aliphatic rings. The molecule has 0 saturated heterocycles. The Morgan fingerprint density at radius 2 is 2.03 bits per heavy atom.